The smallest absolute Gasteiger partial charge is 0.410 e. The number of nitrogens with zero attached hydrogens (tertiary/aromatic N) is 5. The molecule has 8 rings (SSSR count). The quantitative estimate of drug-likeness (QED) is 0.310. The Morgan fingerprint density at radius 3 is 1.42 bits per heavy atom. The van der Waals surface area contributed by atoms with Gasteiger partial charge in [0.1, 0.15) is 17.7 Å². The van der Waals surface area contributed by atoms with Gasteiger partial charge in [-0.1, -0.05) is 0 Å². The van der Waals surface area contributed by atoms with Gasteiger partial charge in [-0.15, -0.1) is 12.4 Å². The lowest BCUT2D eigenvalue weighted by Gasteiger charge is -2.36. The van der Waals surface area contributed by atoms with Crippen molar-refractivity contribution in [1.29, 1.82) is 0 Å². The number of piperazine rings is 2. The number of hydrogen-bond donors (Lipinski definition) is 4. The molecular formula is C40H49ClN8O11. The third kappa shape index (κ3) is 9.27. The Morgan fingerprint density at radius 2 is 1.02 bits per heavy atom. The summed E-state index contributed by atoms with van der Waals surface area (Å²) in [6.45, 7) is 10.9. The second-order valence-corrected chi connectivity index (χ2v) is 15.5. The minimum absolute atomic E-state index is 0. The first-order valence-electron chi connectivity index (χ1n) is 19.5. The molecule has 2 unspecified atom stereocenters. The fraction of sp³-hybridized carbons (Fsp3) is 0.475. The topological polar surface area (TPSA) is 235 Å². The summed E-state index contributed by atoms with van der Waals surface area (Å²) in [7, 11) is 1.00. The van der Waals surface area contributed by atoms with E-state index in [0.717, 1.165) is 54.5 Å². The van der Waals surface area contributed by atoms with Crippen LogP contribution >= 0.6 is 12.4 Å². The summed E-state index contributed by atoms with van der Waals surface area (Å²) < 4.78 is 5.42. The van der Waals surface area contributed by atoms with E-state index in [9.17, 15) is 43.2 Å². The van der Waals surface area contributed by atoms with Crippen molar-refractivity contribution >= 4 is 77.1 Å². The summed E-state index contributed by atoms with van der Waals surface area (Å²) in [5, 5.41) is 14.7. The Kier molecular flexibility index (Phi) is 14.0. The minimum Gasteiger partial charge on any atom is -0.444 e. The molecule has 2 aromatic carbocycles. The SMILES string of the molecule is CC(C)(C)OC(=O)N1CCN(c2ccc3c(c2)C(=O)N(C2CCC(=O)NC2=O)C3=O)CC1.CO.Cl.O=C1CCC(N2C(=O)c3ccc(N4CCNCC4)cc3C2=O)C(=O)N1. The van der Waals surface area contributed by atoms with Crippen LogP contribution in [0.5, 0.6) is 0 Å². The van der Waals surface area contributed by atoms with E-state index >= 15 is 0 Å². The highest BCUT2D eigenvalue weighted by atomic mass is 35.5. The maximum Gasteiger partial charge on any atom is 0.410 e. The average Bonchev–Trinajstić information content (AvgIpc) is 3.61. The van der Waals surface area contributed by atoms with E-state index in [1.807, 2.05) is 31.7 Å². The molecule has 0 radical (unpaired) electrons. The lowest BCUT2D eigenvalue weighted by atomic mass is 10.0. The number of halogens is 1. The van der Waals surface area contributed by atoms with E-state index in [1.54, 1.807) is 35.2 Å². The summed E-state index contributed by atoms with van der Waals surface area (Å²) in [5.74, 6) is -4.00. The molecule has 4 fully saturated rings. The Morgan fingerprint density at radius 1 is 0.617 bits per heavy atom. The lowest BCUT2D eigenvalue weighted by Crippen LogP contribution is -2.54. The van der Waals surface area contributed by atoms with Crippen LogP contribution < -0.4 is 25.8 Å². The Labute approximate surface area is 352 Å². The number of ether oxygens (including phenoxy) is 1. The van der Waals surface area contributed by atoms with Crippen LogP contribution in [0.1, 0.15) is 87.9 Å². The summed E-state index contributed by atoms with van der Waals surface area (Å²) >= 11 is 0. The molecule has 0 spiro atoms. The Hall–Kier alpha value is -5.92. The van der Waals surface area contributed by atoms with Gasteiger partial charge in [0, 0.05) is 83.7 Å². The number of benzene rings is 2. The predicted molar refractivity (Wildman–Crippen MR) is 217 cm³/mol. The third-order valence-electron chi connectivity index (χ3n) is 10.6. The van der Waals surface area contributed by atoms with Gasteiger partial charge in [0.2, 0.25) is 23.6 Å². The monoisotopic (exact) mass is 852 g/mol. The fourth-order valence-corrected chi connectivity index (χ4v) is 7.71. The number of aliphatic hydroxyl groups excluding tert-OH is 1. The van der Waals surface area contributed by atoms with Gasteiger partial charge in [0.15, 0.2) is 0 Å². The van der Waals surface area contributed by atoms with Gasteiger partial charge < -0.3 is 29.9 Å². The van der Waals surface area contributed by atoms with E-state index in [4.69, 9.17) is 9.84 Å². The molecule has 4 saturated heterocycles. The van der Waals surface area contributed by atoms with Crippen LogP contribution in [0.3, 0.4) is 0 Å². The van der Waals surface area contributed by atoms with Gasteiger partial charge in [0.05, 0.1) is 22.3 Å². The lowest BCUT2D eigenvalue weighted by molar-refractivity contribution is -0.137. The predicted octanol–water partition coefficient (Wildman–Crippen LogP) is 0.673. The van der Waals surface area contributed by atoms with Crippen molar-refractivity contribution in [1.82, 2.24) is 30.7 Å². The number of carbonyl (C=O) groups excluding carboxylic acids is 9. The largest absolute Gasteiger partial charge is 0.444 e. The molecule has 6 heterocycles. The molecule has 9 amide bonds. The molecule has 60 heavy (non-hydrogen) atoms. The van der Waals surface area contributed by atoms with Crippen molar-refractivity contribution in [2.24, 2.45) is 0 Å². The van der Waals surface area contributed by atoms with Gasteiger partial charge in [-0.25, -0.2) is 4.79 Å². The van der Waals surface area contributed by atoms with Crippen LogP contribution in [0.15, 0.2) is 36.4 Å². The summed E-state index contributed by atoms with van der Waals surface area (Å²) in [6, 6.07) is 8.33. The molecule has 0 bridgehead atoms. The van der Waals surface area contributed by atoms with E-state index < -0.39 is 59.0 Å². The van der Waals surface area contributed by atoms with Gasteiger partial charge >= 0.3 is 6.09 Å². The number of nitrogens with one attached hydrogen (secondary N) is 3. The first-order chi connectivity index (χ1) is 28.1. The number of carbonyl (C=O) groups is 9. The number of rotatable bonds is 4. The Balaban J connectivity index is 0.000000221. The van der Waals surface area contributed by atoms with Gasteiger partial charge in [0.25, 0.3) is 23.6 Å². The first-order valence-corrected chi connectivity index (χ1v) is 19.5. The fourth-order valence-electron chi connectivity index (χ4n) is 7.71. The zero-order chi connectivity index (χ0) is 42.8. The van der Waals surface area contributed by atoms with Crippen molar-refractivity contribution in [2.45, 2.75) is 64.1 Å². The van der Waals surface area contributed by atoms with Gasteiger partial charge in [-0.2, -0.15) is 0 Å². The molecule has 322 valence electrons. The zero-order valence-electron chi connectivity index (χ0n) is 33.8. The zero-order valence-corrected chi connectivity index (χ0v) is 34.6. The normalized spacial score (nSPS) is 21.5. The van der Waals surface area contributed by atoms with Crippen LogP contribution in [0.25, 0.3) is 0 Å². The van der Waals surface area contributed by atoms with Crippen molar-refractivity contribution in [3.8, 4) is 0 Å². The molecule has 19 nitrogen and oxygen atoms in total. The second kappa shape index (κ2) is 18.6. The highest BCUT2D eigenvalue weighted by molar-refractivity contribution is 6.24. The van der Waals surface area contributed by atoms with Crippen molar-refractivity contribution in [2.75, 3.05) is 69.3 Å². The number of anilines is 2. The number of piperidine rings is 2. The van der Waals surface area contributed by atoms with Gasteiger partial charge in [-0.3, -0.25) is 58.8 Å². The minimum atomic E-state index is -0.985. The number of amides is 9. The number of hydrogen-bond acceptors (Lipinski definition) is 14. The first kappa shape index (κ1) is 45.2. The molecule has 6 aliphatic heterocycles. The van der Waals surface area contributed by atoms with Crippen LogP contribution in [-0.2, 0) is 23.9 Å². The number of imide groups is 4. The molecule has 2 aromatic rings. The summed E-state index contributed by atoms with van der Waals surface area (Å²) in [5.41, 5.74) is 2.22. The second-order valence-electron chi connectivity index (χ2n) is 15.5. The molecule has 6 aliphatic rings. The standard InChI is InChI=1S/C22H26N4O6.C17H18N4O4.CH4O.ClH/c1-22(2,3)32-21(31)25-10-8-24(9-11-25)13-4-5-14-15(12-13)20(30)26(19(14)29)16-6-7-17(27)23-18(16)28;22-14-4-3-13(15(23)19-14)21-16(24)11-2-1-10(9-12(11)17(21)25)20-7-5-18-6-8-20;1-2;/h4-5,12,16H,6-11H2,1-3H3,(H,23,27,28);1-2,9,13,18H,3-8H2,(H,19,22,23);2H,1H3;1H. The van der Waals surface area contributed by atoms with Crippen LogP contribution in [0.2, 0.25) is 0 Å². The van der Waals surface area contributed by atoms with Crippen molar-refractivity contribution in [3.63, 3.8) is 0 Å². The van der Waals surface area contributed by atoms with Crippen LogP contribution in [-0.4, -0.2) is 150 Å². The summed E-state index contributed by atoms with van der Waals surface area (Å²) in [4.78, 5) is 118. The third-order valence-corrected chi connectivity index (χ3v) is 10.6. The molecule has 2 atom stereocenters. The van der Waals surface area contributed by atoms with E-state index in [2.05, 4.69) is 20.9 Å². The van der Waals surface area contributed by atoms with Crippen molar-refractivity contribution < 1.29 is 53.0 Å². The molecule has 0 aromatic heterocycles. The van der Waals surface area contributed by atoms with E-state index in [0.29, 0.717) is 37.3 Å². The molecule has 4 N–H and O–H groups in total. The highest BCUT2D eigenvalue weighted by Gasteiger charge is 2.46. The average molecular weight is 853 g/mol. The van der Waals surface area contributed by atoms with Crippen LogP contribution in [0.4, 0.5) is 16.2 Å². The highest BCUT2D eigenvalue weighted by Crippen LogP contribution is 2.32. The maximum atomic E-state index is 13.0. The molecular weight excluding hydrogens is 804 g/mol. The number of aliphatic hydroxyl groups is 1. The molecule has 0 saturated carbocycles. The maximum absolute atomic E-state index is 13.0. The molecule has 0 aliphatic carbocycles. The van der Waals surface area contributed by atoms with E-state index in [1.165, 1.54) is 0 Å². The Bertz CT molecular complexity index is 2090. The van der Waals surface area contributed by atoms with E-state index in [-0.39, 0.29) is 61.2 Å². The number of fused-ring (bicyclic) bond motifs is 2. The molecule has 20 heteroatoms. The van der Waals surface area contributed by atoms with Gasteiger partial charge in [-0.05, 0) is 70.0 Å². The van der Waals surface area contributed by atoms with Crippen molar-refractivity contribution in [3.05, 3.63) is 58.7 Å². The summed E-state index contributed by atoms with van der Waals surface area (Å²) in [6.07, 6.45) is 0.134. The van der Waals surface area contributed by atoms with Crippen LogP contribution in [0, 0.1) is 0 Å².